The Morgan fingerprint density at radius 3 is 2.89 bits per heavy atom. The molecule has 1 N–H and O–H groups in total. The highest BCUT2D eigenvalue weighted by atomic mass is 16.3. The average Bonchev–Trinajstić information content (AvgIpc) is 2.19. The number of aliphatic hydroxyl groups is 1. The van der Waals surface area contributed by atoms with Gasteiger partial charge in [0.2, 0.25) is 0 Å². The predicted molar refractivity (Wildman–Crippen MR) is 36.0 cm³/mol. The number of aliphatic hydroxyl groups excluding tert-OH is 1. The van der Waals surface area contributed by atoms with Crippen molar-refractivity contribution in [1.29, 1.82) is 0 Å². The van der Waals surface area contributed by atoms with Crippen LogP contribution in [0.3, 0.4) is 0 Å². The van der Waals surface area contributed by atoms with Gasteiger partial charge in [-0.2, -0.15) is 0 Å². The maximum Gasteiger partial charge on any atom is 0.0633 e. The van der Waals surface area contributed by atoms with Gasteiger partial charge in [0.05, 0.1) is 6.10 Å². The van der Waals surface area contributed by atoms with Crippen LogP contribution in [0.1, 0.15) is 19.3 Å². The molecule has 2 aliphatic rings. The normalized spacial score (nSPS) is 47.9. The summed E-state index contributed by atoms with van der Waals surface area (Å²) in [6.45, 7) is 0. The van der Waals surface area contributed by atoms with Crippen LogP contribution in [-0.4, -0.2) is 11.2 Å². The van der Waals surface area contributed by atoms with Crippen molar-refractivity contribution in [3.63, 3.8) is 0 Å². The SMILES string of the molecule is O[C@@H]1[C@@H]2CC=C[C@@H]1CC2. The van der Waals surface area contributed by atoms with E-state index >= 15 is 0 Å². The third-order valence-electron chi connectivity index (χ3n) is 2.61. The lowest BCUT2D eigenvalue weighted by Gasteiger charge is -2.19. The zero-order chi connectivity index (χ0) is 6.27. The van der Waals surface area contributed by atoms with Crippen LogP contribution in [0.15, 0.2) is 12.2 Å². The summed E-state index contributed by atoms with van der Waals surface area (Å²) in [5, 5.41) is 9.46. The topological polar surface area (TPSA) is 20.2 Å². The molecule has 2 aliphatic carbocycles. The fourth-order valence-corrected chi connectivity index (χ4v) is 1.99. The Labute approximate surface area is 55.4 Å². The zero-order valence-electron chi connectivity index (χ0n) is 5.46. The Bertz CT molecular complexity index is 140. The van der Waals surface area contributed by atoms with Crippen LogP contribution < -0.4 is 0 Å². The van der Waals surface area contributed by atoms with Crippen molar-refractivity contribution in [2.24, 2.45) is 11.8 Å². The second kappa shape index (κ2) is 1.84. The molecule has 3 atom stereocenters. The molecule has 0 aromatic heterocycles. The molecule has 0 radical (unpaired) electrons. The molecule has 50 valence electrons. The summed E-state index contributed by atoms with van der Waals surface area (Å²) in [6.07, 6.45) is 7.94. The minimum Gasteiger partial charge on any atom is -0.392 e. The minimum absolute atomic E-state index is 0.00463. The highest BCUT2D eigenvalue weighted by Gasteiger charge is 2.34. The highest BCUT2D eigenvalue weighted by molar-refractivity contribution is 5.05. The molecule has 0 spiro atoms. The molecule has 0 unspecified atom stereocenters. The molecule has 0 heterocycles. The Morgan fingerprint density at radius 1 is 1.33 bits per heavy atom. The molecular formula is C8H12O. The third-order valence-corrected chi connectivity index (χ3v) is 2.61. The number of hydrogen-bond donors (Lipinski definition) is 1. The summed E-state index contributed by atoms with van der Waals surface area (Å²) in [5.74, 6) is 1.10. The minimum atomic E-state index is -0.00463. The van der Waals surface area contributed by atoms with Crippen molar-refractivity contribution in [3.8, 4) is 0 Å². The van der Waals surface area contributed by atoms with Gasteiger partial charge in [-0.05, 0) is 25.2 Å². The van der Waals surface area contributed by atoms with E-state index in [2.05, 4.69) is 12.2 Å². The molecule has 0 aromatic carbocycles. The largest absolute Gasteiger partial charge is 0.392 e. The monoisotopic (exact) mass is 124 g/mol. The molecule has 1 nitrogen and oxygen atoms in total. The molecule has 0 amide bonds. The van der Waals surface area contributed by atoms with E-state index in [9.17, 15) is 5.11 Å². The number of rotatable bonds is 0. The number of allylic oxidation sites excluding steroid dienone is 1. The second-order valence-electron chi connectivity index (χ2n) is 3.16. The molecule has 1 fully saturated rings. The fraction of sp³-hybridized carbons (Fsp3) is 0.750. The van der Waals surface area contributed by atoms with Gasteiger partial charge in [-0.15, -0.1) is 0 Å². The first kappa shape index (κ1) is 5.48. The second-order valence-corrected chi connectivity index (χ2v) is 3.16. The van der Waals surface area contributed by atoms with Gasteiger partial charge in [-0.25, -0.2) is 0 Å². The quantitative estimate of drug-likeness (QED) is 0.483. The lowest BCUT2D eigenvalue weighted by Crippen LogP contribution is -2.21. The highest BCUT2D eigenvalue weighted by Crippen LogP contribution is 2.37. The number of hydrogen-bond acceptors (Lipinski definition) is 1. The Hall–Kier alpha value is -0.300. The summed E-state index contributed by atoms with van der Waals surface area (Å²) < 4.78 is 0. The van der Waals surface area contributed by atoms with E-state index in [0.717, 1.165) is 6.42 Å². The summed E-state index contributed by atoms with van der Waals surface area (Å²) in [6, 6.07) is 0. The lowest BCUT2D eigenvalue weighted by molar-refractivity contribution is 0.103. The smallest absolute Gasteiger partial charge is 0.0633 e. The zero-order valence-corrected chi connectivity index (χ0v) is 5.46. The predicted octanol–water partition coefficient (Wildman–Crippen LogP) is 1.33. The molecule has 1 heteroatoms. The lowest BCUT2D eigenvalue weighted by atomic mass is 9.92. The first-order valence-corrected chi connectivity index (χ1v) is 3.72. The summed E-state index contributed by atoms with van der Waals surface area (Å²) >= 11 is 0. The molecule has 2 rings (SSSR count). The van der Waals surface area contributed by atoms with Gasteiger partial charge in [0.1, 0.15) is 0 Å². The van der Waals surface area contributed by atoms with Gasteiger partial charge in [-0.1, -0.05) is 12.2 Å². The molecule has 0 saturated heterocycles. The van der Waals surface area contributed by atoms with E-state index in [-0.39, 0.29) is 6.10 Å². The average molecular weight is 124 g/mol. The molecule has 9 heavy (non-hydrogen) atoms. The van der Waals surface area contributed by atoms with E-state index in [1.54, 1.807) is 0 Å². The van der Waals surface area contributed by atoms with E-state index in [4.69, 9.17) is 0 Å². The molecule has 0 aliphatic heterocycles. The summed E-state index contributed by atoms with van der Waals surface area (Å²) in [4.78, 5) is 0. The van der Waals surface area contributed by atoms with Crippen molar-refractivity contribution in [2.45, 2.75) is 25.4 Å². The fourth-order valence-electron chi connectivity index (χ4n) is 1.99. The van der Waals surface area contributed by atoms with Crippen molar-refractivity contribution in [1.82, 2.24) is 0 Å². The Kier molecular flexibility index (Phi) is 1.12. The van der Waals surface area contributed by atoms with Crippen LogP contribution in [0.25, 0.3) is 0 Å². The van der Waals surface area contributed by atoms with Crippen molar-refractivity contribution in [2.75, 3.05) is 0 Å². The van der Waals surface area contributed by atoms with Crippen LogP contribution >= 0.6 is 0 Å². The Balaban J connectivity index is 2.22. The van der Waals surface area contributed by atoms with E-state index in [1.165, 1.54) is 12.8 Å². The first-order chi connectivity index (χ1) is 4.38. The third kappa shape index (κ3) is 0.715. The maximum atomic E-state index is 9.46. The molecule has 1 saturated carbocycles. The summed E-state index contributed by atoms with van der Waals surface area (Å²) in [5.41, 5.74) is 0. The van der Waals surface area contributed by atoms with Gasteiger partial charge >= 0.3 is 0 Å². The van der Waals surface area contributed by atoms with Crippen molar-refractivity contribution >= 4 is 0 Å². The molecule has 0 aromatic rings. The number of fused-ring (bicyclic) bond motifs is 2. The molecular weight excluding hydrogens is 112 g/mol. The van der Waals surface area contributed by atoms with Crippen LogP contribution in [-0.2, 0) is 0 Å². The van der Waals surface area contributed by atoms with E-state index < -0.39 is 0 Å². The summed E-state index contributed by atoms with van der Waals surface area (Å²) in [7, 11) is 0. The first-order valence-electron chi connectivity index (χ1n) is 3.72. The van der Waals surface area contributed by atoms with Gasteiger partial charge < -0.3 is 5.11 Å². The van der Waals surface area contributed by atoms with Gasteiger partial charge in [0, 0.05) is 5.92 Å². The molecule has 2 bridgehead atoms. The van der Waals surface area contributed by atoms with Crippen LogP contribution in [0.2, 0.25) is 0 Å². The van der Waals surface area contributed by atoms with E-state index in [0.29, 0.717) is 11.8 Å². The standard InChI is InChI=1S/C8H12O/c9-8-6-2-1-3-7(8)5-4-6/h1-2,6-9H,3-5H2/t6-,7-,8+/m1/s1. The van der Waals surface area contributed by atoms with Crippen molar-refractivity contribution < 1.29 is 5.11 Å². The van der Waals surface area contributed by atoms with E-state index in [1.807, 2.05) is 0 Å². The van der Waals surface area contributed by atoms with Crippen LogP contribution in [0.4, 0.5) is 0 Å². The van der Waals surface area contributed by atoms with Crippen LogP contribution in [0, 0.1) is 11.8 Å². The van der Waals surface area contributed by atoms with Gasteiger partial charge in [0.15, 0.2) is 0 Å². The van der Waals surface area contributed by atoms with Crippen molar-refractivity contribution in [3.05, 3.63) is 12.2 Å². The van der Waals surface area contributed by atoms with Crippen LogP contribution in [0.5, 0.6) is 0 Å². The van der Waals surface area contributed by atoms with Gasteiger partial charge in [0.25, 0.3) is 0 Å². The Morgan fingerprint density at radius 2 is 2.22 bits per heavy atom. The van der Waals surface area contributed by atoms with Gasteiger partial charge in [-0.3, -0.25) is 0 Å². The maximum absolute atomic E-state index is 9.46.